The highest BCUT2D eigenvalue weighted by Gasteiger charge is 2.21. The van der Waals surface area contributed by atoms with Crippen molar-refractivity contribution in [2.24, 2.45) is 4.99 Å². The maximum absolute atomic E-state index is 6.35. The molecule has 1 fully saturated rings. The molecule has 2 heterocycles. The lowest BCUT2D eigenvalue weighted by atomic mass is 10.2. The van der Waals surface area contributed by atoms with Gasteiger partial charge in [0, 0.05) is 22.2 Å². The molecule has 0 bridgehead atoms. The Morgan fingerprint density at radius 1 is 1.29 bits per heavy atom. The number of nitrogens with one attached hydrogen (secondary N) is 2. The summed E-state index contributed by atoms with van der Waals surface area (Å²) in [6, 6.07) is 7.33. The maximum Gasteiger partial charge on any atom is 0.114 e. The van der Waals surface area contributed by atoms with Crippen LogP contribution < -0.4 is 5.32 Å². The molecule has 0 spiro atoms. The van der Waals surface area contributed by atoms with E-state index in [1.54, 1.807) is 0 Å². The highest BCUT2D eigenvalue weighted by Crippen LogP contribution is 2.33. The molecule has 0 saturated heterocycles. The quantitative estimate of drug-likeness (QED) is 0.702. The van der Waals surface area contributed by atoms with E-state index in [4.69, 9.17) is 16.6 Å². The first kappa shape index (κ1) is 16.3. The number of rotatable bonds is 5. The summed E-state index contributed by atoms with van der Waals surface area (Å²) in [7, 11) is 0. The third-order valence-electron chi connectivity index (χ3n) is 4.97. The molecule has 5 heteroatoms. The molecule has 0 amide bonds. The van der Waals surface area contributed by atoms with Crippen molar-refractivity contribution >= 4 is 45.0 Å². The predicted octanol–water partition coefficient (Wildman–Crippen LogP) is 5.84. The number of hydrogen-bond acceptors (Lipinski definition) is 3. The zero-order chi connectivity index (χ0) is 16.5. The molecule has 1 saturated carbocycles. The molecule has 1 aromatic carbocycles. The monoisotopic (exact) mass is 361 g/mol. The smallest absolute Gasteiger partial charge is 0.114 e. The molecule has 2 aliphatic rings. The van der Waals surface area contributed by atoms with Crippen LogP contribution in [0.5, 0.6) is 0 Å². The summed E-state index contributed by atoms with van der Waals surface area (Å²) >= 11 is 8.22. The summed E-state index contributed by atoms with van der Waals surface area (Å²) in [5, 5.41) is 6.80. The molecule has 2 N–H and O–H groups in total. The number of halogens is 1. The highest BCUT2D eigenvalue weighted by molar-refractivity contribution is 8.14. The molecule has 3 nitrogen and oxygen atoms in total. The normalized spacial score (nSPS) is 21.6. The van der Waals surface area contributed by atoms with Gasteiger partial charge in [-0.15, -0.1) is 11.8 Å². The molecular formula is C19H24ClN3S. The Morgan fingerprint density at radius 3 is 2.92 bits per heavy atom. The van der Waals surface area contributed by atoms with Crippen LogP contribution in [-0.4, -0.2) is 27.9 Å². The second-order valence-corrected chi connectivity index (χ2v) is 8.36. The Kier molecular flexibility index (Phi) is 4.77. The number of hydrogen-bond donors (Lipinski definition) is 2. The second kappa shape index (κ2) is 7.01. The van der Waals surface area contributed by atoms with Crippen LogP contribution in [0.3, 0.4) is 0 Å². The van der Waals surface area contributed by atoms with Gasteiger partial charge < -0.3 is 10.3 Å². The van der Waals surface area contributed by atoms with Crippen LogP contribution in [0, 0.1) is 0 Å². The summed E-state index contributed by atoms with van der Waals surface area (Å²) in [4.78, 5) is 8.49. The summed E-state index contributed by atoms with van der Waals surface area (Å²) in [6.07, 6.45) is 7.52. The van der Waals surface area contributed by atoms with E-state index in [9.17, 15) is 0 Å². The maximum atomic E-state index is 6.35. The lowest BCUT2D eigenvalue weighted by Gasteiger charge is -2.14. The molecule has 1 atom stereocenters. The average Bonchev–Trinajstić information content (AvgIpc) is 3.26. The zero-order valence-corrected chi connectivity index (χ0v) is 15.6. The summed E-state index contributed by atoms with van der Waals surface area (Å²) in [6.45, 7) is 2.23. The number of nitrogens with zero attached hydrogens (tertiary/aromatic N) is 1. The number of benzene rings is 1. The van der Waals surface area contributed by atoms with E-state index < -0.39 is 0 Å². The fourth-order valence-electron chi connectivity index (χ4n) is 3.77. The first-order chi connectivity index (χ1) is 11.7. The fraction of sp³-hybridized carbons (Fsp3) is 0.526. The van der Waals surface area contributed by atoms with Crippen LogP contribution in [0.4, 0.5) is 5.69 Å². The molecule has 24 heavy (non-hydrogen) atoms. The van der Waals surface area contributed by atoms with Gasteiger partial charge in [-0.05, 0) is 37.5 Å². The first-order valence-corrected chi connectivity index (χ1v) is 10.4. The number of aliphatic imine (C=N–C) groups is 1. The van der Waals surface area contributed by atoms with Crippen LogP contribution in [0.15, 0.2) is 23.2 Å². The Hall–Kier alpha value is -1.13. The van der Waals surface area contributed by atoms with Crippen molar-refractivity contribution < 1.29 is 0 Å². The topological polar surface area (TPSA) is 40.2 Å². The van der Waals surface area contributed by atoms with Crippen LogP contribution in [0.1, 0.15) is 51.1 Å². The third kappa shape index (κ3) is 3.31. The lowest BCUT2D eigenvalue weighted by Crippen LogP contribution is -2.14. The Morgan fingerprint density at radius 2 is 2.12 bits per heavy atom. The van der Waals surface area contributed by atoms with Crippen molar-refractivity contribution in [1.82, 2.24) is 4.98 Å². The zero-order valence-electron chi connectivity index (χ0n) is 14.1. The van der Waals surface area contributed by atoms with Gasteiger partial charge in [-0.25, -0.2) is 0 Å². The van der Waals surface area contributed by atoms with Gasteiger partial charge in [0.25, 0.3) is 0 Å². The molecule has 1 aromatic heterocycles. The van der Waals surface area contributed by atoms with Crippen molar-refractivity contribution in [2.75, 3.05) is 11.1 Å². The van der Waals surface area contributed by atoms with Crippen molar-refractivity contribution in [1.29, 1.82) is 0 Å². The summed E-state index contributed by atoms with van der Waals surface area (Å²) < 4.78 is 0. The van der Waals surface area contributed by atoms with Gasteiger partial charge >= 0.3 is 0 Å². The second-order valence-electron chi connectivity index (χ2n) is 6.91. The predicted molar refractivity (Wildman–Crippen MR) is 107 cm³/mol. The van der Waals surface area contributed by atoms with E-state index in [-0.39, 0.29) is 0 Å². The standard InChI is InChI=1S/C19H24ClN3S/c1-2-5-15-11-24-19(22-15)17-9-12-8-13(20)10-16(18(12)23-17)21-14-6-3-4-7-14/h8-10,14-15,21,23H,2-7,11H2,1H3. The lowest BCUT2D eigenvalue weighted by molar-refractivity contribution is 0.670. The largest absolute Gasteiger partial charge is 0.381 e. The molecule has 2 aromatic rings. The summed E-state index contributed by atoms with van der Waals surface area (Å²) in [5.74, 6) is 1.10. The molecular weight excluding hydrogens is 338 g/mol. The van der Waals surface area contributed by atoms with Gasteiger partial charge in [0.1, 0.15) is 5.04 Å². The van der Waals surface area contributed by atoms with E-state index in [1.165, 1.54) is 43.9 Å². The van der Waals surface area contributed by atoms with E-state index in [0.29, 0.717) is 12.1 Å². The minimum absolute atomic E-state index is 0.473. The molecule has 1 aliphatic carbocycles. The molecule has 128 valence electrons. The number of aromatic amines is 1. The van der Waals surface area contributed by atoms with Crippen LogP contribution in [-0.2, 0) is 0 Å². The van der Waals surface area contributed by atoms with Crippen LogP contribution >= 0.6 is 23.4 Å². The van der Waals surface area contributed by atoms with Crippen molar-refractivity contribution in [3.63, 3.8) is 0 Å². The molecule has 0 radical (unpaired) electrons. The number of fused-ring (bicyclic) bond motifs is 1. The number of thioether (sulfide) groups is 1. The van der Waals surface area contributed by atoms with E-state index in [0.717, 1.165) is 32.7 Å². The SMILES string of the molecule is CCCC1CSC(c2cc3cc(Cl)cc(NC4CCCC4)c3[nH]2)=N1. The van der Waals surface area contributed by atoms with Crippen LogP contribution in [0.2, 0.25) is 5.02 Å². The van der Waals surface area contributed by atoms with E-state index in [2.05, 4.69) is 23.3 Å². The minimum Gasteiger partial charge on any atom is -0.381 e. The third-order valence-corrected chi connectivity index (χ3v) is 6.34. The fourth-order valence-corrected chi connectivity index (χ4v) is 5.08. The van der Waals surface area contributed by atoms with E-state index >= 15 is 0 Å². The number of aromatic nitrogens is 1. The number of H-pyrrole nitrogens is 1. The molecule has 1 aliphatic heterocycles. The Labute approximate surface area is 152 Å². The Balaban J connectivity index is 1.66. The van der Waals surface area contributed by atoms with Gasteiger partial charge in [0.2, 0.25) is 0 Å². The minimum atomic E-state index is 0.473. The summed E-state index contributed by atoms with van der Waals surface area (Å²) in [5.41, 5.74) is 3.42. The van der Waals surface area contributed by atoms with Gasteiger partial charge in [-0.2, -0.15) is 0 Å². The first-order valence-electron chi connectivity index (χ1n) is 9.02. The van der Waals surface area contributed by atoms with Gasteiger partial charge in [0.15, 0.2) is 0 Å². The molecule has 1 unspecified atom stereocenters. The average molecular weight is 362 g/mol. The van der Waals surface area contributed by atoms with Crippen molar-refractivity contribution in [3.8, 4) is 0 Å². The van der Waals surface area contributed by atoms with Crippen molar-refractivity contribution in [2.45, 2.75) is 57.5 Å². The number of anilines is 1. The Bertz CT molecular complexity index is 761. The van der Waals surface area contributed by atoms with Crippen LogP contribution in [0.25, 0.3) is 10.9 Å². The van der Waals surface area contributed by atoms with Crippen molar-refractivity contribution in [3.05, 3.63) is 28.9 Å². The van der Waals surface area contributed by atoms with Gasteiger partial charge in [-0.3, -0.25) is 4.99 Å². The highest BCUT2D eigenvalue weighted by atomic mass is 35.5. The van der Waals surface area contributed by atoms with Gasteiger partial charge in [-0.1, -0.05) is 37.8 Å². The van der Waals surface area contributed by atoms with Gasteiger partial charge in [0.05, 0.1) is 22.9 Å². The van der Waals surface area contributed by atoms with E-state index in [1.807, 2.05) is 23.9 Å². The molecule has 4 rings (SSSR count).